The fourth-order valence-electron chi connectivity index (χ4n) is 0.614. The summed E-state index contributed by atoms with van der Waals surface area (Å²) in [4.78, 5) is 31.4. The standard InChI is InChI=1S/C8H15NO4.C3H7NO2/c1-8(2,3)13-7(11)9-5-6(10)12-4;1-6-3(5)2-4/h5H2,1-4H3,(H,9,11);2,4H2,1H3. The number of nitrogens with two attached hydrogens (primary N) is 1. The largest absolute Gasteiger partial charge is 0.468 e. The summed E-state index contributed by atoms with van der Waals surface area (Å²) in [6.07, 6.45) is -0.627. The molecule has 0 aliphatic carbocycles. The second-order valence-corrected chi connectivity index (χ2v) is 4.21. The van der Waals surface area contributed by atoms with Gasteiger partial charge in [-0.25, -0.2) is 4.79 Å². The number of hydrogen-bond donors (Lipinski definition) is 2. The van der Waals surface area contributed by atoms with Crippen molar-refractivity contribution in [3.63, 3.8) is 0 Å². The summed E-state index contributed by atoms with van der Waals surface area (Å²) in [6.45, 7) is 5.02. The molecular weight excluding hydrogens is 256 g/mol. The van der Waals surface area contributed by atoms with E-state index >= 15 is 0 Å². The molecule has 112 valence electrons. The Morgan fingerprint density at radius 2 is 1.53 bits per heavy atom. The third kappa shape index (κ3) is 16.2. The molecule has 0 aromatic carbocycles. The van der Waals surface area contributed by atoms with Crippen LogP contribution in [0.2, 0.25) is 0 Å². The quantitative estimate of drug-likeness (QED) is 0.542. The topological polar surface area (TPSA) is 117 Å². The van der Waals surface area contributed by atoms with Gasteiger partial charge in [0.05, 0.1) is 20.8 Å². The van der Waals surface area contributed by atoms with Crippen LogP contribution >= 0.6 is 0 Å². The number of alkyl carbamates (subject to hydrolysis) is 1. The minimum atomic E-state index is -0.627. The van der Waals surface area contributed by atoms with E-state index in [-0.39, 0.29) is 19.1 Å². The Bertz CT molecular complexity index is 292. The van der Waals surface area contributed by atoms with Gasteiger partial charge in [0.15, 0.2) is 0 Å². The first kappa shape index (κ1) is 19.5. The van der Waals surface area contributed by atoms with E-state index in [0.29, 0.717) is 0 Å². The van der Waals surface area contributed by atoms with Gasteiger partial charge in [-0.2, -0.15) is 0 Å². The molecule has 0 aromatic heterocycles. The normalized spacial score (nSPS) is 9.58. The van der Waals surface area contributed by atoms with Gasteiger partial charge in [-0.1, -0.05) is 0 Å². The van der Waals surface area contributed by atoms with Crippen molar-refractivity contribution < 1.29 is 28.6 Å². The third-order valence-electron chi connectivity index (χ3n) is 1.40. The second kappa shape index (κ2) is 10.1. The fraction of sp³-hybridized carbons (Fsp3) is 0.727. The van der Waals surface area contributed by atoms with Gasteiger partial charge in [-0.15, -0.1) is 0 Å². The molecule has 0 fully saturated rings. The summed E-state index contributed by atoms with van der Waals surface area (Å²) in [5, 5.41) is 2.25. The van der Waals surface area contributed by atoms with Crippen molar-refractivity contribution in [3.8, 4) is 0 Å². The monoisotopic (exact) mass is 278 g/mol. The molecule has 0 bridgehead atoms. The Balaban J connectivity index is 0. The molecule has 0 spiro atoms. The lowest BCUT2D eigenvalue weighted by Gasteiger charge is -2.19. The molecule has 0 heterocycles. The first-order valence-electron chi connectivity index (χ1n) is 5.46. The minimum absolute atomic E-state index is 0.0312. The zero-order valence-electron chi connectivity index (χ0n) is 11.9. The molecule has 0 unspecified atom stereocenters. The Labute approximate surface area is 112 Å². The van der Waals surface area contributed by atoms with Crippen LogP contribution < -0.4 is 11.1 Å². The van der Waals surface area contributed by atoms with Crippen molar-refractivity contribution in [2.45, 2.75) is 26.4 Å². The van der Waals surface area contributed by atoms with Crippen LogP contribution in [0.3, 0.4) is 0 Å². The van der Waals surface area contributed by atoms with Crippen LogP contribution in [0.4, 0.5) is 4.79 Å². The van der Waals surface area contributed by atoms with E-state index in [9.17, 15) is 14.4 Å². The van der Waals surface area contributed by atoms with E-state index in [1.807, 2.05) is 0 Å². The van der Waals surface area contributed by atoms with Gasteiger partial charge >= 0.3 is 18.0 Å². The maximum absolute atomic E-state index is 10.9. The van der Waals surface area contributed by atoms with E-state index in [1.165, 1.54) is 14.2 Å². The van der Waals surface area contributed by atoms with Gasteiger partial charge < -0.3 is 25.3 Å². The van der Waals surface area contributed by atoms with Gasteiger partial charge in [-0.05, 0) is 20.8 Å². The fourth-order valence-corrected chi connectivity index (χ4v) is 0.614. The lowest BCUT2D eigenvalue weighted by atomic mass is 10.2. The number of esters is 2. The van der Waals surface area contributed by atoms with Crippen molar-refractivity contribution in [1.82, 2.24) is 5.32 Å². The van der Waals surface area contributed by atoms with Crippen molar-refractivity contribution >= 4 is 18.0 Å². The average molecular weight is 278 g/mol. The van der Waals surface area contributed by atoms with Crippen LogP contribution in [0.5, 0.6) is 0 Å². The minimum Gasteiger partial charge on any atom is -0.468 e. The summed E-state index contributed by atoms with van der Waals surface area (Å²) in [6, 6.07) is 0. The Hall–Kier alpha value is -1.83. The molecule has 0 atom stereocenters. The summed E-state index contributed by atoms with van der Waals surface area (Å²) in [5.41, 5.74) is 4.25. The zero-order valence-corrected chi connectivity index (χ0v) is 11.9. The van der Waals surface area contributed by atoms with Gasteiger partial charge in [0.2, 0.25) is 0 Å². The molecule has 0 saturated heterocycles. The molecule has 0 aromatic rings. The molecule has 8 nitrogen and oxygen atoms in total. The van der Waals surface area contributed by atoms with E-state index in [0.717, 1.165) is 0 Å². The van der Waals surface area contributed by atoms with Crippen molar-refractivity contribution in [3.05, 3.63) is 0 Å². The molecule has 1 amide bonds. The number of methoxy groups -OCH3 is 2. The number of carbonyl (C=O) groups is 3. The molecule has 0 radical (unpaired) electrons. The first-order valence-corrected chi connectivity index (χ1v) is 5.46. The zero-order chi connectivity index (χ0) is 15.5. The highest BCUT2D eigenvalue weighted by Gasteiger charge is 2.16. The maximum Gasteiger partial charge on any atom is 0.408 e. The number of amides is 1. The van der Waals surface area contributed by atoms with Crippen LogP contribution in [0.25, 0.3) is 0 Å². The number of hydrogen-bond acceptors (Lipinski definition) is 7. The molecule has 0 aliphatic heterocycles. The molecular formula is C11H22N2O6. The second-order valence-electron chi connectivity index (χ2n) is 4.21. The van der Waals surface area contributed by atoms with Crippen LogP contribution in [0.15, 0.2) is 0 Å². The predicted molar refractivity (Wildman–Crippen MR) is 67.3 cm³/mol. The SMILES string of the molecule is COC(=O)CN.COC(=O)CNC(=O)OC(C)(C)C. The predicted octanol–water partition coefficient (Wildman–Crippen LogP) is -0.198. The molecule has 3 N–H and O–H groups in total. The Kier molecular flexibility index (Phi) is 10.4. The summed E-state index contributed by atoms with van der Waals surface area (Å²) < 4.78 is 13.3. The highest BCUT2D eigenvalue weighted by molar-refractivity contribution is 5.77. The van der Waals surface area contributed by atoms with Crippen LogP contribution in [-0.4, -0.2) is 50.9 Å². The van der Waals surface area contributed by atoms with Gasteiger partial charge in [0.1, 0.15) is 12.1 Å². The molecule has 0 aliphatic rings. The summed E-state index contributed by atoms with van der Waals surface area (Å²) >= 11 is 0. The molecule has 0 rings (SSSR count). The lowest BCUT2D eigenvalue weighted by Crippen LogP contribution is -2.35. The smallest absolute Gasteiger partial charge is 0.408 e. The summed E-state index contributed by atoms with van der Waals surface area (Å²) in [7, 11) is 2.55. The summed E-state index contributed by atoms with van der Waals surface area (Å²) in [5.74, 6) is -0.888. The number of carbonyl (C=O) groups excluding carboxylic acids is 3. The average Bonchev–Trinajstić information content (AvgIpc) is 2.33. The molecule has 0 saturated carbocycles. The van der Waals surface area contributed by atoms with Crippen molar-refractivity contribution in [2.75, 3.05) is 27.3 Å². The third-order valence-corrected chi connectivity index (χ3v) is 1.40. The highest BCUT2D eigenvalue weighted by atomic mass is 16.6. The molecule has 8 heteroatoms. The Morgan fingerprint density at radius 3 is 1.79 bits per heavy atom. The lowest BCUT2D eigenvalue weighted by molar-refractivity contribution is -0.140. The number of rotatable bonds is 3. The van der Waals surface area contributed by atoms with E-state index in [2.05, 4.69) is 14.8 Å². The van der Waals surface area contributed by atoms with Crippen LogP contribution in [0.1, 0.15) is 20.8 Å². The first-order chi connectivity index (χ1) is 8.66. The van der Waals surface area contributed by atoms with E-state index in [4.69, 9.17) is 10.5 Å². The van der Waals surface area contributed by atoms with Gasteiger partial charge in [0.25, 0.3) is 0 Å². The number of ether oxygens (including phenoxy) is 3. The van der Waals surface area contributed by atoms with E-state index < -0.39 is 17.7 Å². The Morgan fingerprint density at radius 1 is 1.05 bits per heavy atom. The highest BCUT2D eigenvalue weighted by Crippen LogP contribution is 2.05. The van der Waals surface area contributed by atoms with Gasteiger partial charge in [0, 0.05) is 0 Å². The van der Waals surface area contributed by atoms with Crippen molar-refractivity contribution in [1.29, 1.82) is 0 Å². The maximum atomic E-state index is 10.9. The number of nitrogens with one attached hydrogen (secondary N) is 1. The molecule has 19 heavy (non-hydrogen) atoms. The van der Waals surface area contributed by atoms with Crippen LogP contribution in [0, 0.1) is 0 Å². The van der Waals surface area contributed by atoms with E-state index in [1.54, 1.807) is 20.8 Å². The van der Waals surface area contributed by atoms with Crippen molar-refractivity contribution in [2.24, 2.45) is 5.73 Å². The van der Waals surface area contributed by atoms with Crippen LogP contribution in [-0.2, 0) is 23.8 Å². The van der Waals surface area contributed by atoms with Gasteiger partial charge in [-0.3, -0.25) is 9.59 Å².